The monoisotopic (exact) mass is 266 g/mol. The Labute approximate surface area is 108 Å². The largest absolute Gasteiger partial charge is 0.394 e. The summed E-state index contributed by atoms with van der Waals surface area (Å²) in [6, 6.07) is 3.24. The van der Waals surface area contributed by atoms with Crippen molar-refractivity contribution in [2.45, 2.75) is 24.9 Å². The minimum absolute atomic E-state index is 0.0271. The van der Waals surface area contributed by atoms with Crippen molar-refractivity contribution in [2.75, 3.05) is 12.3 Å². The fourth-order valence-corrected chi connectivity index (χ4v) is 2.23. The lowest BCUT2D eigenvalue weighted by Crippen LogP contribution is -2.45. The van der Waals surface area contributed by atoms with Crippen LogP contribution in [0, 0.1) is 17.2 Å². The van der Waals surface area contributed by atoms with E-state index in [9.17, 15) is 15.2 Å². The van der Waals surface area contributed by atoms with E-state index in [1.807, 2.05) is 6.07 Å². The molecule has 1 aliphatic heterocycles. The zero-order valence-corrected chi connectivity index (χ0v) is 10.2. The number of rotatable bonds is 2. The highest BCUT2D eigenvalue weighted by atomic mass is 16.6. The Bertz CT molecular complexity index is 581. The first-order chi connectivity index (χ1) is 8.96. The van der Waals surface area contributed by atoms with Crippen LogP contribution in [0.2, 0.25) is 0 Å². The number of ether oxygens (including phenoxy) is 1. The Kier molecular flexibility index (Phi) is 3.28. The Balaban J connectivity index is 2.56. The van der Waals surface area contributed by atoms with Crippen molar-refractivity contribution in [3.05, 3.63) is 22.7 Å². The van der Waals surface area contributed by atoms with Gasteiger partial charge in [0.2, 0.25) is 5.72 Å². The average Bonchev–Trinajstić information content (AvgIpc) is 2.64. The van der Waals surface area contributed by atoms with E-state index in [-0.39, 0.29) is 5.82 Å². The minimum Gasteiger partial charge on any atom is -0.394 e. The average molecular weight is 266 g/mol. The number of aliphatic hydroxyl groups is 2. The highest BCUT2D eigenvalue weighted by Gasteiger charge is 2.54. The molecular formula is C11H14N4O4. The Morgan fingerprint density at radius 3 is 2.89 bits per heavy atom. The van der Waals surface area contributed by atoms with Crippen LogP contribution < -0.4 is 11.4 Å². The summed E-state index contributed by atoms with van der Waals surface area (Å²) in [5, 5.41) is 28.4. The molecule has 0 aliphatic carbocycles. The minimum atomic E-state index is -1.70. The highest BCUT2D eigenvalue weighted by Crippen LogP contribution is 2.38. The lowest BCUT2D eigenvalue weighted by Gasteiger charge is -2.27. The predicted molar refractivity (Wildman–Crippen MR) is 63.6 cm³/mol. The zero-order valence-electron chi connectivity index (χ0n) is 10.2. The van der Waals surface area contributed by atoms with Crippen LogP contribution in [0.4, 0.5) is 5.82 Å². The Hall–Kier alpha value is -1.95. The molecule has 1 aliphatic rings. The third kappa shape index (κ3) is 1.88. The van der Waals surface area contributed by atoms with E-state index < -0.39 is 36.1 Å². The molecule has 0 bridgehead atoms. The number of nitriles is 1. The molecule has 1 saturated heterocycles. The quantitative estimate of drug-likeness (QED) is 0.586. The van der Waals surface area contributed by atoms with Crippen LogP contribution >= 0.6 is 0 Å². The van der Waals surface area contributed by atoms with E-state index in [1.54, 1.807) is 6.92 Å². The van der Waals surface area contributed by atoms with Gasteiger partial charge in [-0.2, -0.15) is 10.2 Å². The van der Waals surface area contributed by atoms with Crippen molar-refractivity contribution in [1.29, 1.82) is 5.26 Å². The van der Waals surface area contributed by atoms with Gasteiger partial charge in [-0.3, -0.25) is 4.57 Å². The van der Waals surface area contributed by atoms with Crippen LogP contribution in [0.3, 0.4) is 0 Å². The summed E-state index contributed by atoms with van der Waals surface area (Å²) >= 11 is 0. The fourth-order valence-electron chi connectivity index (χ4n) is 2.23. The van der Waals surface area contributed by atoms with Crippen molar-refractivity contribution in [3.63, 3.8) is 0 Å². The Morgan fingerprint density at radius 1 is 1.74 bits per heavy atom. The van der Waals surface area contributed by atoms with Gasteiger partial charge in [0.05, 0.1) is 12.7 Å². The van der Waals surface area contributed by atoms with E-state index in [2.05, 4.69) is 4.98 Å². The molecule has 4 N–H and O–H groups in total. The molecule has 8 heteroatoms. The smallest absolute Gasteiger partial charge is 0.352 e. The van der Waals surface area contributed by atoms with E-state index in [0.717, 1.165) is 4.57 Å². The van der Waals surface area contributed by atoms with Crippen molar-refractivity contribution >= 4 is 5.82 Å². The molecule has 0 spiro atoms. The normalized spacial score (nSPS) is 34.1. The van der Waals surface area contributed by atoms with Crippen LogP contribution in [0.25, 0.3) is 0 Å². The SMILES string of the molecule is CC1[C@H](O)[C@@H](CO)O[C@@]1(C#N)n1ccc(N)nc1=O. The first-order valence-corrected chi connectivity index (χ1v) is 5.70. The van der Waals surface area contributed by atoms with Crippen LogP contribution in [0.1, 0.15) is 6.92 Å². The number of hydrogen-bond acceptors (Lipinski definition) is 7. The molecule has 0 radical (unpaired) electrons. The summed E-state index contributed by atoms with van der Waals surface area (Å²) in [6.07, 6.45) is -0.704. The number of anilines is 1. The summed E-state index contributed by atoms with van der Waals surface area (Å²) in [7, 11) is 0. The maximum Gasteiger partial charge on any atom is 0.352 e. The summed E-state index contributed by atoms with van der Waals surface area (Å²) in [5.41, 5.74) is 2.93. The maximum absolute atomic E-state index is 11.8. The molecule has 1 unspecified atom stereocenters. The summed E-state index contributed by atoms with van der Waals surface area (Å²) in [6.45, 7) is 1.11. The van der Waals surface area contributed by atoms with Gasteiger partial charge in [-0.05, 0) is 6.07 Å². The van der Waals surface area contributed by atoms with Crippen LogP contribution in [-0.2, 0) is 10.5 Å². The molecule has 1 aromatic rings. The second-order valence-electron chi connectivity index (χ2n) is 4.43. The number of hydrogen-bond donors (Lipinski definition) is 3. The van der Waals surface area contributed by atoms with Crippen molar-refractivity contribution in [3.8, 4) is 6.07 Å². The molecule has 19 heavy (non-hydrogen) atoms. The zero-order chi connectivity index (χ0) is 14.2. The van der Waals surface area contributed by atoms with Gasteiger partial charge in [-0.25, -0.2) is 4.79 Å². The topological polar surface area (TPSA) is 134 Å². The number of nitrogens with zero attached hydrogens (tertiary/aromatic N) is 3. The van der Waals surface area contributed by atoms with Crippen molar-refractivity contribution in [2.24, 2.45) is 5.92 Å². The summed E-state index contributed by atoms with van der Waals surface area (Å²) in [4.78, 5) is 15.4. The van der Waals surface area contributed by atoms with Crippen LogP contribution in [-0.4, -0.2) is 38.6 Å². The second kappa shape index (κ2) is 4.62. The molecule has 0 amide bonds. The van der Waals surface area contributed by atoms with Gasteiger partial charge >= 0.3 is 5.69 Å². The lowest BCUT2D eigenvalue weighted by molar-refractivity contribution is -0.0918. The predicted octanol–water partition coefficient (Wildman–Crippen LogP) is -1.61. The van der Waals surface area contributed by atoms with Crippen molar-refractivity contribution in [1.82, 2.24) is 9.55 Å². The van der Waals surface area contributed by atoms with Gasteiger partial charge in [0.1, 0.15) is 18.0 Å². The van der Waals surface area contributed by atoms with Crippen LogP contribution in [0.5, 0.6) is 0 Å². The third-order valence-corrected chi connectivity index (χ3v) is 3.36. The number of aliphatic hydroxyl groups excluding tert-OH is 2. The van der Waals surface area contributed by atoms with Gasteiger partial charge in [0.15, 0.2) is 0 Å². The van der Waals surface area contributed by atoms with E-state index in [1.165, 1.54) is 12.3 Å². The van der Waals surface area contributed by atoms with Gasteiger partial charge in [-0.15, -0.1) is 0 Å². The van der Waals surface area contributed by atoms with E-state index >= 15 is 0 Å². The van der Waals surface area contributed by atoms with Gasteiger partial charge in [0, 0.05) is 12.1 Å². The summed E-state index contributed by atoms with van der Waals surface area (Å²) < 4.78 is 6.38. The summed E-state index contributed by atoms with van der Waals surface area (Å²) in [5.74, 6) is -0.683. The van der Waals surface area contributed by atoms with Crippen LogP contribution in [0.15, 0.2) is 17.1 Å². The molecule has 102 valence electrons. The molecule has 1 fully saturated rings. The number of nitrogen functional groups attached to an aromatic ring is 1. The van der Waals surface area contributed by atoms with Crippen molar-refractivity contribution < 1.29 is 14.9 Å². The molecule has 8 nitrogen and oxygen atoms in total. The van der Waals surface area contributed by atoms with Gasteiger partial charge in [0.25, 0.3) is 0 Å². The second-order valence-corrected chi connectivity index (χ2v) is 4.43. The molecule has 2 heterocycles. The molecule has 1 aromatic heterocycles. The molecular weight excluding hydrogens is 252 g/mol. The molecule has 0 saturated carbocycles. The van der Waals surface area contributed by atoms with E-state index in [4.69, 9.17) is 15.6 Å². The number of aromatic nitrogens is 2. The van der Waals surface area contributed by atoms with Gasteiger partial charge < -0.3 is 20.7 Å². The van der Waals surface area contributed by atoms with E-state index in [0.29, 0.717) is 0 Å². The first-order valence-electron chi connectivity index (χ1n) is 5.70. The molecule has 0 aromatic carbocycles. The lowest BCUT2D eigenvalue weighted by atomic mass is 9.94. The Morgan fingerprint density at radius 2 is 2.42 bits per heavy atom. The maximum atomic E-state index is 11.8. The number of nitrogens with two attached hydrogens (primary N) is 1. The highest BCUT2D eigenvalue weighted by molar-refractivity contribution is 5.25. The molecule has 2 rings (SSSR count). The third-order valence-electron chi connectivity index (χ3n) is 3.36. The first kappa shape index (κ1) is 13.5. The standard InChI is InChI=1S/C11H14N4O4/c1-6-9(17)7(4-16)19-11(6,5-12)15-3-2-8(13)14-10(15)18/h2-3,6-7,9,16-17H,4H2,1H3,(H2,13,14,18)/t6?,7-,9+,11-/m1/s1. The fraction of sp³-hybridized carbons (Fsp3) is 0.545. The molecule has 4 atom stereocenters. The van der Waals surface area contributed by atoms with Gasteiger partial charge in [-0.1, -0.05) is 6.92 Å².